The number of carbonyl (C=O) groups is 1. The fourth-order valence-corrected chi connectivity index (χ4v) is 3.54. The van der Waals surface area contributed by atoms with Crippen LogP contribution in [0.25, 0.3) is 0 Å². The maximum absolute atomic E-state index is 11.1. The summed E-state index contributed by atoms with van der Waals surface area (Å²) in [5, 5.41) is 18.2. The number of carboxylic acids is 1. The number of nitrogens with two attached hydrogens (primary N) is 1. The van der Waals surface area contributed by atoms with Crippen molar-refractivity contribution >= 4 is 23.3 Å². The average Bonchev–Trinajstić information content (AvgIpc) is 2.63. The van der Waals surface area contributed by atoms with E-state index in [0.29, 0.717) is 44.0 Å². The van der Waals surface area contributed by atoms with Gasteiger partial charge in [-0.25, -0.2) is 9.97 Å². The molecular formula is C16H26N6O3. The topological polar surface area (TPSA) is 119 Å². The van der Waals surface area contributed by atoms with Gasteiger partial charge >= 0.3 is 5.97 Å². The number of hydrogen-bond acceptors (Lipinski definition) is 8. The largest absolute Gasteiger partial charge is 0.481 e. The average molecular weight is 350 g/mol. The lowest BCUT2D eigenvalue weighted by Crippen LogP contribution is -2.47. The molecule has 0 radical (unpaired) electrons. The van der Waals surface area contributed by atoms with Gasteiger partial charge in [-0.15, -0.1) is 0 Å². The van der Waals surface area contributed by atoms with E-state index >= 15 is 0 Å². The van der Waals surface area contributed by atoms with E-state index in [1.807, 2.05) is 0 Å². The van der Waals surface area contributed by atoms with E-state index in [-0.39, 0.29) is 12.5 Å². The maximum Gasteiger partial charge on any atom is 0.306 e. The summed E-state index contributed by atoms with van der Waals surface area (Å²) in [5.74, 6) is 0.441. The first kappa shape index (κ1) is 17.7. The quantitative estimate of drug-likeness (QED) is 0.644. The Labute approximate surface area is 147 Å². The van der Waals surface area contributed by atoms with E-state index in [1.165, 1.54) is 6.33 Å². The van der Waals surface area contributed by atoms with E-state index in [2.05, 4.69) is 24.7 Å². The molecule has 9 heteroatoms. The van der Waals surface area contributed by atoms with Gasteiger partial charge < -0.3 is 25.7 Å². The van der Waals surface area contributed by atoms with Crippen LogP contribution < -0.4 is 15.5 Å². The van der Waals surface area contributed by atoms with Crippen LogP contribution in [0, 0.1) is 5.92 Å². The molecule has 0 amide bonds. The SMILES string of the molecule is Nc1c(N2CCC(C(=O)O)CC2)ncnc1N1CCN(CCO)CC1. The molecule has 1 aromatic rings. The van der Waals surface area contributed by atoms with Crippen LogP contribution in [0.2, 0.25) is 0 Å². The van der Waals surface area contributed by atoms with Crippen LogP contribution in [0.15, 0.2) is 6.33 Å². The van der Waals surface area contributed by atoms with Crippen LogP contribution >= 0.6 is 0 Å². The van der Waals surface area contributed by atoms with Crippen molar-refractivity contribution in [1.29, 1.82) is 0 Å². The zero-order chi connectivity index (χ0) is 17.8. The molecule has 0 bridgehead atoms. The molecule has 138 valence electrons. The van der Waals surface area contributed by atoms with Crippen molar-refractivity contribution in [3.8, 4) is 0 Å². The van der Waals surface area contributed by atoms with Crippen LogP contribution in [-0.4, -0.2) is 83.5 Å². The number of aliphatic hydroxyl groups is 1. The van der Waals surface area contributed by atoms with Gasteiger partial charge in [0.2, 0.25) is 0 Å². The molecule has 4 N–H and O–H groups in total. The second-order valence-electron chi connectivity index (χ2n) is 6.59. The molecule has 2 aliphatic rings. The van der Waals surface area contributed by atoms with Gasteiger partial charge in [0.25, 0.3) is 0 Å². The second kappa shape index (κ2) is 7.83. The Morgan fingerprint density at radius 3 is 2.16 bits per heavy atom. The Morgan fingerprint density at radius 2 is 1.64 bits per heavy atom. The van der Waals surface area contributed by atoms with Gasteiger partial charge in [0.15, 0.2) is 11.6 Å². The van der Waals surface area contributed by atoms with Crippen molar-refractivity contribution in [2.75, 3.05) is 68.0 Å². The molecule has 2 aliphatic heterocycles. The van der Waals surface area contributed by atoms with E-state index in [0.717, 1.165) is 32.0 Å². The number of nitrogen functional groups attached to an aromatic ring is 1. The number of aliphatic carboxylic acids is 1. The van der Waals surface area contributed by atoms with Crippen LogP contribution in [0.4, 0.5) is 17.3 Å². The highest BCUT2D eigenvalue weighted by molar-refractivity contribution is 5.76. The number of β-amino-alcohol motifs (C(OH)–C–C–N with tert-alkyl or cyclic N) is 1. The summed E-state index contributed by atoms with van der Waals surface area (Å²) in [6, 6.07) is 0. The monoisotopic (exact) mass is 350 g/mol. The molecule has 0 aliphatic carbocycles. The van der Waals surface area contributed by atoms with Crippen molar-refractivity contribution < 1.29 is 15.0 Å². The summed E-state index contributed by atoms with van der Waals surface area (Å²) in [7, 11) is 0. The van der Waals surface area contributed by atoms with Gasteiger partial charge in [-0.1, -0.05) is 0 Å². The fraction of sp³-hybridized carbons (Fsp3) is 0.688. The molecule has 2 fully saturated rings. The van der Waals surface area contributed by atoms with Crippen molar-refractivity contribution in [3.63, 3.8) is 0 Å². The summed E-state index contributed by atoms with van der Waals surface area (Å²) in [6.07, 6.45) is 2.74. The Balaban J connectivity index is 1.68. The van der Waals surface area contributed by atoms with Crippen molar-refractivity contribution in [3.05, 3.63) is 6.33 Å². The fourth-order valence-electron chi connectivity index (χ4n) is 3.54. The third-order valence-corrected chi connectivity index (χ3v) is 5.07. The number of piperidine rings is 1. The highest BCUT2D eigenvalue weighted by Gasteiger charge is 2.28. The van der Waals surface area contributed by atoms with E-state index in [9.17, 15) is 4.79 Å². The zero-order valence-electron chi connectivity index (χ0n) is 14.3. The second-order valence-corrected chi connectivity index (χ2v) is 6.59. The Kier molecular flexibility index (Phi) is 5.54. The van der Waals surface area contributed by atoms with Crippen LogP contribution in [0.1, 0.15) is 12.8 Å². The lowest BCUT2D eigenvalue weighted by molar-refractivity contribution is -0.142. The lowest BCUT2D eigenvalue weighted by atomic mass is 9.97. The summed E-state index contributed by atoms with van der Waals surface area (Å²) < 4.78 is 0. The highest BCUT2D eigenvalue weighted by atomic mass is 16.4. The lowest BCUT2D eigenvalue weighted by Gasteiger charge is -2.36. The first-order valence-electron chi connectivity index (χ1n) is 8.76. The molecule has 3 heterocycles. The normalized spacial score (nSPS) is 20.0. The smallest absolute Gasteiger partial charge is 0.306 e. The minimum atomic E-state index is -0.725. The molecule has 3 rings (SSSR count). The molecule has 9 nitrogen and oxygen atoms in total. The van der Waals surface area contributed by atoms with E-state index in [1.54, 1.807) is 0 Å². The molecule has 25 heavy (non-hydrogen) atoms. The predicted molar refractivity (Wildman–Crippen MR) is 94.8 cm³/mol. The van der Waals surface area contributed by atoms with Crippen LogP contribution in [0.3, 0.4) is 0 Å². The molecule has 2 saturated heterocycles. The van der Waals surface area contributed by atoms with E-state index in [4.69, 9.17) is 15.9 Å². The zero-order valence-corrected chi connectivity index (χ0v) is 14.3. The Hall–Kier alpha value is -2.13. The molecule has 1 aromatic heterocycles. The minimum absolute atomic E-state index is 0.173. The van der Waals surface area contributed by atoms with Crippen LogP contribution in [0.5, 0.6) is 0 Å². The van der Waals surface area contributed by atoms with Crippen molar-refractivity contribution in [2.24, 2.45) is 5.92 Å². The Bertz CT molecular complexity index is 598. The number of anilines is 3. The first-order valence-corrected chi connectivity index (χ1v) is 8.76. The van der Waals surface area contributed by atoms with Crippen molar-refractivity contribution in [1.82, 2.24) is 14.9 Å². The van der Waals surface area contributed by atoms with Gasteiger partial charge in [-0.05, 0) is 12.8 Å². The van der Waals surface area contributed by atoms with Gasteiger partial charge in [-0.3, -0.25) is 9.69 Å². The number of hydrogen-bond donors (Lipinski definition) is 3. The van der Waals surface area contributed by atoms with Crippen LogP contribution in [-0.2, 0) is 4.79 Å². The summed E-state index contributed by atoms with van der Waals surface area (Å²) >= 11 is 0. The minimum Gasteiger partial charge on any atom is -0.481 e. The number of carboxylic acid groups (broad SMARTS) is 1. The van der Waals surface area contributed by atoms with E-state index < -0.39 is 5.97 Å². The summed E-state index contributed by atoms with van der Waals surface area (Å²) in [5.41, 5.74) is 6.92. The molecule has 0 saturated carbocycles. The summed E-state index contributed by atoms with van der Waals surface area (Å²) in [6.45, 7) is 5.49. The molecule has 0 aromatic carbocycles. The first-order chi connectivity index (χ1) is 12.1. The molecule has 0 unspecified atom stereocenters. The Morgan fingerprint density at radius 1 is 1.08 bits per heavy atom. The molecular weight excluding hydrogens is 324 g/mol. The number of aliphatic hydroxyl groups excluding tert-OH is 1. The number of aromatic nitrogens is 2. The number of piperazine rings is 1. The highest BCUT2D eigenvalue weighted by Crippen LogP contribution is 2.32. The third kappa shape index (κ3) is 3.93. The molecule has 0 atom stereocenters. The molecule has 0 spiro atoms. The predicted octanol–water partition coefficient (Wildman–Crippen LogP) is -0.526. The van der Waals surface area contributed by atoms with Gasteiger partial charge in [0.05, 0.1) is 12.5 Å². The van der Waals surface area contributed by atoms with Crippen molar-refractivity contribution in [2.45, 2.75) is 12.8 Å². The standard InChI is InChI=1S/C16H26N6O3/c17-13-14(21-3-1-12(2-4-21)16(24)25)18-11-19-15(13)22-7-5-20(6-8-22)9-10-23/h11-12,23H,1-10,17H2,(H,24,25). The van der Waals surface area contributed by atoms with Gasteiger partial charge in [0.1, 0.15) is 12.0 Å². The maximum atomic E-state index is 11.1. The number of rotatable bonds is 5. The summed E-state index contributed by atoms with van der Waals surface area (Å²) in [4.78, 5) is 26.2. The van der Waals surface area contributed by atoms with Gasteiger partial charge in [-0.2, -0.15) is 0 Å². The number of nitrogens with zero attached hydrogens (tertiary/aromatic N) is 5. The van der Waals surface area contributed by atoms with Gasteiger partial charge in [0, 0.05) is 45.8 Å². The third-order valence-electron chi connectivity index (χ3n) is 5.07.